The molecular formula is C15H38N2O2Si2. The zero-order chi connectivity index (χ0) is 16.5. The molecule has 0 spiro atoms. The largest absolute Gasteiger partial charge is 0.398 e. The van der Waals surface area contributed by atoms with Crippen molar-refractivity contribution in [3.63, 3.8) is 0 Å². The van der Waals surface area contributed by atoms with Crippen LogP contribution in [0.3, 0.4) is 0 Å². The van der Waals surface area contributed by atoms with Gasteiger partial charge in [-0.1, -0.05) is 34.1 Å². The van der Waals surface area contributed by atoms with Gasteiger partial charge in [-0.25, -0.2) is 0 Å². The summed E-state index contributed by atoms with van der Waals surface area (Å²) in [7, 11) is 0.108. The Hall–Kier alpha value is 0.274. The van der Waals surface area contributed by atoms with Crippen molar-refractivity contribution in [2.24, 2.45) is 0 Å². The summed E-state index contributed by atoms with van der Waals surface area (Å²) >= 11 is 0. The lowest BCUT2D eigenvalue weighted by molar-refractivity contribution is 0.248. The summed E-state index contributed by atoms with van der Waals surface area (Å²) in [6.07, 6.45) is 1.21. The van der Waals surface area contributed by atoms with Crippen molar-refractivity contribution in [2.75, 3.05) is 40.4 Å². The zero-order valence-corrected chi connectivity index (χ0v) is 17.7. The molecule has 21 heavy (non-hydrogen) atoms. The predicted molar refractivity (Wildman–Crippen MR) is 97.3 cm³/mol. The van der Waals surface area contributed by atoms with Crippen LogP contribution < -0.4 is 0 Å². The molecule has 0 heterocycles. The van der Waals surface area contributed by atoms with Crippen LogP contribution in [0.1, 0.15) is 34.1 Å². The second kappa shape index (κ2) is 10.1. The molecule has 0 saturated carbocycles. The fourth-order valence-electron chi connectivity index (χ4n) is 3.36. The first-order valence-electron chi connectivity index (χ1n) is 8.47. The normalized spacial score (nSPS) is 13.4. The predicted octanol–water partition coefficient (Wildman–Crippen LogP) is 3.50. The van der Waals surface area contributed by atoms with E-state index in [-0.39, 0.29) is 0 Å². The highest BCUT2D eigenvalue weighted by molar-refractivity contribution is 6.73. The topological polar surface area (TPSA) is 24.9 Å². The Balaban J connectivity index is 4.92. The molecule has 0 saturated heterocycles. The van der Waals surface area contributed by atoms with E-state index in [1.54, 1.807) is 14.2 Å². The average Bonchev–Trinajstić information content (AvgIpc) is 2.49. The Morgan fingerprint density at radius 3 is 1.38 bits per heavy atom. The van der Waals surface area contributed by atoms with Crippen LogP contribution in [0.4, 0.5) is 0 Å². The number of hydrogen-bond donors (Lipinski definition) is 0. The fourth-order valence-corrected chi connectivity index (χ4v) is 9.71. The summed E-state index contributed by atoms with van der Waals surface area (Å²) < 4.78 is 16.7. The van der Waals surface area contributed by atoms with E-state index in [2.05, 4.69) is 49.9 Å². The molecule has 0 fully saturated rings. The highest BCUT2D eigenvalue weighted by Gasteiger charge is 2.39. The Morgan fingerprint density at radius 1 is 0.714 bits per heavy atom. The molecule has 128 valence electrons. The maximum atomic E-state index is 5.63. The SMILES string of the molecule is CCN(CC)[Si](C)(CCC[Si](C)(OC)OC)N(CC)CC. The van der Waals surface area contributed by atoms with Gasteiger partial charge in [0, 0.05) is 14.2 Å². The van der Waals surface area contributed by atoms with E-state index in [1.807, 2.05) is 0 Å². The summed E-state index contributed by atoms with van der Waals surface area (Å²) in [4.78, 5) is 0. The quantitative estimate of drug-likeness (QED) is 0.510. The molecule has 0 aliphatic carbocycles. The molecule has 0 aromatic rings. The van der Waals surface area contributed by atoms with Crippen molar-refractivity contribution >= 4 is 17.0 Å². The molecule has 0 bridgehead atoms. The second-order valence-electron chi connectivity index (χ2n) is 5.96. The van der Waals surface area contributed by atoms with Gasteiger partial charge < -0.3 is 18.0 Å². The lowest BCUT2D eigenvalue weighted by Crippen LogP contribution is -2.63. The Morgan fingerprint density at radius 2 is 1.10 bits per heavy atom. The van der Waals surface area contributed by atoms with Crippen molar-refractivity contribution in [2.45, 2.75) is 59.3 Å². The van der Waals surface area contributed by atoms with Crippen molar-refractivity contribution in [1.29, 1.82) is 0 Å². The van der Waals surface area contributed by atoms with Crippen molar-refractivity contribution in [1.82, 2.24) is 9.13 Å². The molecule has 4 nitrogen and oxygen atoms in total. The minimum Gasteiger partial charge on any atom is -0.398 e. The molecule has 0 amide bonds. The van der Waals surface area contributed by atoms with Gasteiger partial charge in [-0.15, -0.1) is 0 Å². The maximum absolute atomic E-state index is 5.63. The zero-order valence-electron chi connectivity index (χ0n) is 15.7. The smallest absolute Gasteiger partial charge is 0.334 e. The van der Waals surface area contributed by atoms with Crippen LogP contribution in [0, 0.1) is 0 Å². The molecule has 0 unspecified atom stereocenters. The summed E-state index contributed by atoms with van der Waals surface area (Å²) in [6.45, 7) is 18.5. The lowest BCUT2D eigenvalue weighted by Gasteiger charge is -2.46. The number of nitrogens with zero attached hydrogens (tertiary/aromatic N) is 2. The first-order chi connectivity index (χ1) is 9.87. The average molecular weight is 335 g/mol. The summed E-state index contributed by atoms with van der Waals surface area (Å²) in [5.74, 6) is 0. The van der Waals surface area contributed by atoms with Crippen LogP contribution in [-0.2, 0) is 8.85 Å². The molecule has 0 radical (unpaired) electrons. The molecule has 0 N–H and O–H groups in total. The van der Waals surface area contributed by atoms with Gasteiger partial charge in [0.25, 0.3) is 0 Å². The van der Waals surface area contributed by atoms with Crippen molar-refractivity contribution in [3.8, 4) is 0 Å². The van der Waals surface area contributed by atoms with E-state index >= 15 is 0 Å². The fraction of sp³-hybridized carbons (Fsp3) is 1.00. The van der Waals surface area contributed by atoms with Crippen molar-refractivity contribution < 1.29 is 8.85 Å². The highest BCUT2D eigenvalue weighted by atomic mass is 28.4. The molecule has 0 atom stereocenters. The van der Waals surface area contributed by atoms with E-state index in [9.17, 15) is 0 Å². The Labute approximate surface area is 135 Å². The van der Waals surface area contributed by atoms with Gasteiger partial charge in [0.05, 0.1) is 0 Å². The van der Waals surface area contributed by atoms with E-state index < -0.39 is 17.0 Å². The molecule has 0 aromatic carbocycles. The molecular weight excluding hydrogens is 296 g/mol. The van der Waals surface area contributed by atoms with Gasteiger partial charge in [0.1, 0.15) is 0 Å². The molecule has 0 aliphatic rings. The summed E-state index contributed by atoms with van der Waals surface area (Å²) in [6, 6.07) is 2.39. The van der Waals surface area contributed by atoms with Crippen molar-refractivity contribution in [3.05, 3.63) is 0 Å². The van der Waals surface area contributed by atoms with Gasteiger partial charge in [-0.2, -0.15) is 0 Å². The minimum absolute atomic E-state index is 1.09. The van der Waals surface area contributed by atoms with Crippen LogP contribution in [0.25, 0.3) is 0 Å². The first kappa shape index (κ1) is 21.3. The van der Waals surface area contributed by atoms with Crippen LogP contribution in [0.2, 0.25) is 25.2 Å². The third-order valence-corrected chi connectivity index (χ3v) is 13.3. The van der Waals surface area contributed by atoms with Crippen LogP contribution >= 0.6 is 0 Å². The van der Waals surface area contributed by atoms with E-state index in [4.69, 9.17) is 8.85 Å². The van der Waals surface area contributed by atoms with Gasteiger partial charge in [0.2, 0.25) is 8.40 Å². The Bertz CT molecular complexity index is 256. The minimum atomic E-state index is -1.92. The van der Waals surface area contributed by atoms with Crippen LogP contribution in [0.15, 0.2) is 0 Å². The third kappa shape index (κ3) is 5.76. The first-order valence-corrected chi connectivity index (χ1v) is 13.6. The van der Waals surface area contributed by atoms with Gasteiger partial charge in [-0.3, -0.25) is 0 Å². The Kier molecular flexibility index (Phi) is 10.3. The number of rotatable bonds is 12. The van der Waals surface area contributed by atoms with Gasteiger partial charge >= 0.3 is 8.56 Å². The monoisotopic (exact) mass is 334 g/mol. The van der Waals surface area contributed by atoms with E-state index in [0.29, 0.717) is 0 Å². The summed E-state index contributed by atoms with van der Waals surface area (Å²) in [5, 5.41) is 0. The van der Waals surface area contributed by atoms with Crippen LogP contribution in [0.5, 0.6) is 0 Å². The van der Waals surface area contributed by atoms with Gasteiger partial charge in [-0.05, 0) is 51.4 Å². The highest BCUT2D eigenvalue weighted by Crippen LogP contribution is 2.26. The van der Waals surface area contributed by atoms with Crippen LogP contribution in [-0.4, -0.2) is 66.5 Å². The summed E-state index contributed by atoms with van der Waals surface area (Å²) in [5.41, 5.74) is 0. The van der Waals surface area contributed by atoms with E-state index in [0.717, 1.165) is 32.2 Å². The standard InChI is InChI=1S/C15H38N2O2Si2/c1-9-16(10-2)20(7,17(11-3)12-4)14-13-15-21(8,18-5)19-6/h9-15H2,1-8H3. The second-order valence-corrected chi connectivity index (χ2v) is 13.7. The van der Waals surface area contributed by atoms with E-state index in [1.165, 1.54) is 12.5 Å². The molecule has 0 aromatic heterocycles. The molecule has 0 aliphatic heterocycles. The third-order valence-electron chi connectivity index (χ3n) is 5.03. The molecule has 6 heteroatoms. The molecule has 0 rings (SSSR count). The number of hydrogen-bond acceptors (Lipinski definition) is 4. The lowest BCUT2D eigenvalue weighted by atomic mass is 10.6. The van der Waals surface area contributed by atoms with Gasteiger partial charge in [0.15, 0.2) is 0 Å². The maximum Gasteiger partial charge on any atom is 0.334 e.